The van der Waals surface area contributed by atoms with Crippen LogP contribution in [-0.4, -0.2) is 29.2 Å². The molecule has 0 aliphatic carbocycles. The molecule has 114 valence electrons. The highest BCUT2D eigenvalue weighted by Crippen LogP contribution is 2.22. The van der Waals surface area contributed by atoms with Crippen molar-refractivity contribution in [2.45, 2.75) is 13.0 Å². The highest BCUT2D eigenvalue weighted by molar-refractivity contribution is 9.10. The lowest BCUT2D eigenvalue weighted by atomic mass is 10.1. The van der Waals surface area contributed by atoms with Crippen LogP contribution in [0.1, 0.15) is 18.5 Å². The number of cyclic esters (lactones) is 1. The standard InChI is InChI=1S/C15H15BrN4O2/c1-10(11-3-2-4-12(16)9-11)18-14-17-6-5-13(19-14)20-7-8-22-15(20)21/h2-6,9-10H,7-8H2,1H3,(H,17,18,19)/t10-/m1/s1. The van der Waals surface area contributed by atoms with Crippen LogP contribution in [0.2, 0.25) is 0 Å². The molecule has 22 heavy (non-hydrogen) atoms. The molecular weight excluding hydrogens is 348 g/mol. The minimum absolute atomic E-state index is 0.0401. The molecule has 1 atom stereocenters. The highest BCUT2D eigenvalue weighted by Gasteiger charge is 2.25. The Morgan fingerprint density at radius 1 is 1.41 bits per heavy atom. The topological polar surface area (TPSA) is 67.3 Å². The number of amides is 1. The zero-order chi connectivity index (χ0) is 15.5. The van der Waals surface area contributed by atoms with E-state index in [1.165, 1.54) is 4.90 Å². The van der Waals surface area contributed by atoms with Crippen molar-refractivity contribution in [2.24, 2.45) is 0 Å². The van der Waals surface area contributed by atoms with E-state index in [0.29, 0.717) is 24.9 Å². The van der Waals surface area contributed by atoms with Crippen molar-refractivity contribution in [1.82, 2.24) is 9.97 Å². The summed E-state index contributed by atoms with van der Waals surface area (Å²) in [5.74, 6) is 1.02. The van der Waals surface area contributed by atoms with Crippen LogP contribution in [-0.2, 0) is 4.74 Å². The van der Waals surface area contributed by atoms with Crippen LogP contribution in [0.15, 0.2) is 41.0 Å². The lowest BCUT2D eigenvalue weighted by molar-refractivity contribution is 0.181. The number of nitrogens with zero attached hydrogens (tertiary/aromatic N) is 3. The molecule has 1 saturated heterocycles. The Kier molecular flexibility index (Phi) is 4.24. The average Bonchev–Trinajstić information content (AvgIpc) is 2.94. The van der Waals surface area contributed by atoms with E-state index in [0.717, 1.165) is 10.0 Å². The maximum absolute atomic E-state index is 11.6. The first-order valence-electron chi connectivity index (χ1n) is 6.93. The molecule has 1 N–H and O–H groups in total. The molecule has 1 aliphatic heterocycles. The fourth-order valence-electron chi connectivity index (χ4n) is 2.22. The molecule has 0 unspecified atom stereocenters. The fourth-order valence-corrected chi connectivity index (χ4v) is 2.64. The van der Waals surface area contributed by atoms with Gasteiger partial charge in [0.2, 0.25) is 5.95 Å². The van der Waals surface area contributed by atoms with Crippen LogP contribution < -0.4 is 10.2 Å². The van der Waals surface area contributed by atoms with Crippen LogP contribution in [0, 0.1) is 0 Å². The Labute approximate surface area is 136 Å². The second kappa shape index (κ2) is 6.31. The van der Waals surface area contributed by atoms with E-state index < -0.39 is 0 Å². The Morgan fingerprint density at radius 3 is 3.00 bits per heavy atom. The van der Waals surface area contributed by atoms with E-state index in [1.807, 2.05) is 31.2 Å². The molecule has 2 heterocycles. The number of anilines is 2. The fraction of sp³-hybridized carbons (Fsp3) is 0.267. The largest absolute Gasteiger partial charge is 0.447 e. The monoisotopic (exact) mass is 362 g/mol. The van der Waals surface area contributed by atoms with Gasteiger partial charge >= 0.3 is 6.09 Å². The molecule has 1 fully saturated rings. The van der Waals surface area contributed by atoms with Crippen molar-refractivity contribution in [2.75, 3.05) is 23.4 Å². The van der Waals surface area contributed by atoms with Gasteiger partial charge in [-0.1, -0.05) is 28.1 Å². The zero-order valence-electron chi connectivity index (χ0n) is 12.0. The van der Waals surface area contributed by atoms with Crippen molar-refractivity contribution in [3.8, 4) is 0 Å². The van der Waals surface area contributed by atoms with E-state index in [9.17, 15) is 4.79 Å². The Hall–Kier alpha value is -2.15. The smallest absolute Gasteiger partial charge is 0.415 e. The van der Waals surface area contributed by atoms with Crippen LogP contribution in [0.4, 0.5) is 16.6 Å². The molecule has 2 aromatic rings. The van der Waals surface area contributed by atoms with Crippen molar-refractivity contribution in [1.29, 1.82) is 0 Å². The predicted octanol–water partition coefficient (Wildman–Crippen LogP) is 3.37. The normalized spacial score (nSPS) is 15.5. The number of benzene rings is 1. The van der Waals surface area contributed by atoms with Crippen molar-refractivity contribution in [3.63, 3.8) is 0 Å². The summed E-state index contributed by atoms with van der Waals surface area (Å²) in [6, 6.07) is 9.77. The first-order chi connectivity index (χ1) is 10.6. The van der Waals surface area contributed by atoms with E-state index in [-0.39, 0.29) is 12.1 Å². The molecule has 6 nitrogen and oxygen atoms in total. The van der Waals surface area contributed by atoms with Gasteiger partial charge in [-0.25, -0.2) is 9.78 Å². The second-order valence-electron chi connectivity index (χ2n) is 4.93. The van der Waals surface area contributed by atoms with Gasteiger partial charge in [0, 0.05) is 10.7 Å². The molecule has 3 rings (SSSR count). The SMILES string of the molecule is C[C@@H](Nc1nccc(N2CCOC2=O)n1)c1cccc(Br)c1. The van der Waals surface area contributed by atoms with Crippen LogP contribution >= 0.6 is 15.9 Å². The first-order valence-corrected chi connectivity index (χ1v) is 7.72. The maximum Gasteiger partial charge on any atom is 0.415 e. The number of hydrogen-bond acceptors (Lipinski definition) is 5. The second-order valence-corrected chi connectivity index (χ2v) is 5.84. The number of carbonyl (C=O) groups excluding carboxylic acids is 1. The van der Waals surface area contributed by atoms with Gasteiger partial charge in [-0.2, -0.15) is 4.98 Å². The summed E-state index contributed by atoms with van der Waals surface area (Å²) in [6.45, 7) is 2.93. The molecule has 1 aliphatic rings. The van der Waals surface area contributed by atoms with Crippen molar-refractivity contribution >= 4 is 33.8 Å². The van der Waals surface area contributed by atoms with E-state index in [4.69, 9.17) is 4.74 Å². The van der Waals surface area contributed by atoms with Gasteiger partial charge < -0.3 is 10.1 Å². The van der Waals surface area contributed by atoms with E-state index >= 15 is 0 Å². The average molecular weight is 363 g/mol. The summed E-state index contributed by atoms with van der Waals surface area (Å²) in [7, 11) is 0. The molecule has 0 spiro atoms. The quantitative estimate of drug-likeness (QED) is 0.902. The van der Waals surface area contributed by atoms with E-state index in [1.54, 1.807) is 12.3 Å². The van der Waals surface area contributed by atoms with Gasteiger partial charge in [0.1, 0.15) is 12.4 Å². The third-order valence-electron chi connectivity index (χ3n) is 3.37. The molecular formula is C15H15BrN4O2. The minimum atomic E-state index is -0.371. The molecule has 0 radical (unpaired) electrons. The Morgan fingerprint density at radius 2 is 2.27 bits per heavy atom. The van der Waals surface area contributed by atoms with Gasteiger partial charge in [0.15, 0.2) is 0 Å². The van der Waals surface area contributed by atoms with Gasteiger partial charge in [0.25, 0.3) is 0 Å². The van der Waals surface area contributed by atoms with Gasteiger partial charge in [0.05, 0.1) is 12.6 Å². The molecule has 1 aromatic carbocycles. The molecule has 1 amide bonds. The number of carbonyl (C=O) groups is 1. The van der Waals surface area contributed by atoms with Crippen LogP contribution in [0.3, 0.4) is 0 Å². The summed E-state index contributed by atoms with van der Waals surface area (Å²) in [5, 5.41) is 3.24. The molecule has 0 saturated carbocycles. The van der Waals surface area contributed by atoms with Crippen LogP contribution in [0.5, 0.6) is 0 Å². The zero-order valence-corrected chi connectivity index (χ0v) is 13.6. The Bertz CT molecular complexity index is 695. The molecule has 0 bridgehead atoms. The number of halogens is 1. The summed E-state index contributed by atoms with van der Waals surface area (Å²) in [4.78, 5) is 21.7. The molecule has 7 heteroatoms. The number of nitrogens with one attached hydrogen (secondary N) is 1. The number of ether oxygens (including phenoxy) is 1. The maximum atomic E-state index is 11.6. The van der Waals surface area contributed by atoms with Crippen molar-refractivity contribution < 1.29 is 9.53 Å². The van der Waals surface area contributed by atoms with Gasteiger partial charge in [-0.3, -0.25) is 4.90 Å². The van der Waals surface area contributed by atoms with E-state index in [2.05, 4.69) is 31.2 Å². The first kappa shape index (κ1) is 14.8. The van der Waals surface area contributed by atoms with Gasteiger partial charge in [-0.05, 0) is 30.7 Å². The van der Waals surface area contributed by atoms with Crippen molar-refractivity contribution in [3.05, 3.63) is 46.6 Å². The summed E-state index contributed by atoms with van der Waals surface area (Å²) < 4.78 is 5.95. The summed E-state index contributed by atoms with van der Waals surface area (Å²) >= 11 is 3.46. The minimum Gasteiger partial charge on any atom is -0.447 e. The summed E-state index contributed by atoms with van der Waals surface area (Å²) in [6.07, 6.45) is 1.26. The molecule has 1 aromatic heterocycles. The number of hydrogen-bond donors (Lipinski definition) is 1. The lowest BCUT2D eigenvalue weighted by Gasteiger charge is -2.16. The summed E-state index contributed by atoms with van der Waals surface area (Å²) in [5.41, 5.74) is 1.11. The van der Waals surface area contributed by atoms with Crippen LogP contribution in [0.25, 0.3) is 0 Å². The number of aromatic nitrogens is 2. The lowest BCUT2D eigenvalue weighted by Crippen LogP contribution is -2.25. The predicted molar refractivity (Wildman–Crippen MR) is 86.9 cm³/mol. The third-order valence-corrected chi connectivity index (χ3v) is 3.87. The highest BCUT2D eigenvalue weighted by atomic mass is 79.9. The Balaban J connectivity index is 1.76. The van der Waals surface area contributed by atoms with Gasteiger partial charge in [-0.15, -0.1) is 0 Å². The third kappa shape index (κ3) is 3.19. The number of rotatable bonds is 4.